The van der Waals surface area contributed by atoms with E-state index in [0.29, 0.717) is 13.0 Å². The zero-order chi connectivity index (χ0) is 18.8. The maximum absolute atomic E-state index is 12.8. The monoisotopic (exact) mass is 357 g/mol. The fourth-order valence-electron chi connectivity index (χ4n) is 4.07. The number of nitrogens with zero attached hydrogens (tertiary/aromatic N) is 1. The van der Waals surface area contributed by atoms with Crippen LogP contribution in [0, 0.1) is 17.8 Å². The Bertz CT molecular complexity index is 609. The van der Waals surface area contributed by atoms with Crippen LogP contribution < -0.4 is 0 Å². The molecular formula is C22H31NO3. The lowest BCUT2D eigenvalue weighted by atomic mass is 9.63. The number of carbonyl (C=O) groups excluding carboxylic acids is 1. The lowest BCUT2D eigenvalue weighted by Gasteiger charge is -2.39. The zero-order valence-corrected chi connectivity index (χ0v) is 16.0. The Hall–Kier alpha value is -1.83. The van der Waals surface area contributed by atoms with E-state index >= 15 is 0 Å². The predicted molar refractivity (Wildman–Crippen MR) is 104 cm³/mol. The van der Waals surface area contributed by atoms with Crippen LogP contribution >= 0.6 is 0 Å². The van der Waals surface area contributed by atoms with Gasteiger partial charge in [0.1, 0.15) is 5.41 Å². The lowest BCUT2D eigenvalue weighted by molar-refractivity contribution is -0.243. The molecule has 2 rings (SSSR count). The Morgan fingerprint density at radius 1 is 1.15 bits per heavy atom. The largest absolute Gasteiger partial charge is 0.353 e. The van der Waals surface area contributed by atoms with Crippen molar-refractivity contribution in [3.8, 4) is 11.8 Å². The van der Waals surface area contributed by atoms with Crippen molar-refractivity contribution in [1.82, 2.24) is 4.90 Å². The highest BCUT2D eigenvalue weighted by Crippen LogP contribution is 2.44. The molecule has 1 atom stereocenters. The molecule has 1 aromatic carbocycles. The maximum atomic E-state index is 12.8. The molecule has 0 aromatic heterocycles. The van der Waals surface area contributed by atoms with Gasteiger partial charge in [0.05, 0.1) is 6.54 Å². The molecule has 1 unspecified atom stereocenters. The average Bonchev–Trinajstić information content (AvgIpc) is 2.72. The van der Waals surface area contributed by atoms with Crippen LogP contribution in [0.3, 0.4) is 0 Å². The second kappa shape index (κ2) is 10.4. The van der Waals surface area contributed by atoms with Gasteiger partial charge < -0.3 is 0 Å². The fourth-order valence-corrected chi connectivity index (χ4v) is 4.07. The molecule has 4 heteroatoms. The molecule has 4 nitrogen and oxygen atoms in total. The van der Waals surface area contributed by atoms with Crippen molar-refractivity contribution in [3.63, 3.8) is 0 Å². The third-order valence-electron chi connectivity index (χ3n) is 5.73. The summed E-state index contributed by atoms with van der Waals surface area (Å²) in [6.45, 7) is 6.83. The average molecular weight is 357 g/mol. The molecular weight excluding hydrogens is 326 g/mol. The van der Waals surface area contributed by atoms with E-state index in [4.69, 9.17) is 0 Å². The third kappa shape index (κ3) is 4.66. The molecule has 1 fully saturated rings. The van der Waals surface area contributed by atoms with Crippen molar-refractivity contribution in [2.75, 3.05) is 19.6 Å². The number of rotatable bonds is 7. The highest BCUT2D eigenvalue weighted by atomic mass is 17.1. The van der Waals surface area contributed by atoms with Gasteiger partial charge >= 0.3 is 5.97 Å². The summed E-state index contributed by atoms with van der Waals surface area (Å²) in [6, 6.07) is 9.71. The molecule has 0 saturated heterocycles. The molecule has 26 heavy (non-hydrogen) atoms. The Labute approximate surface area is 157 Å². The number of carbonyl (C=O) groups is 1. The summed E-state index contributed by atoms with van der Waals surface area (Å²) in [7, 11) is 0. The summed E-state index contributed by atoms with van der Waals surface area (Å²) in [4.78, 5) is 19.4. The van der Waals surface area contributed by atoms with Crippen LogP contribution in [-0.2, 0) is 15.1 Å². The van der Waals surface area contributed by atoms with Gasteiger partial charge in [-0.2, -0.15) is 5.26 Å². The van der Waals surface area contributed by atoms with Crippen LogP contribution in [-0.4, -0.2) is 35.8 Å². The van der Waals surface area contributed by atoms with Crippen molar-refractivity contribution >= 4 is 5.97 Å². The van der Waals surface area contributed by atoms with E-state index in [9.17, 15) is 10.1 Å². The molecule has 0 amide bonds. The molecule has 0 radical (unpaired) electrons. The van der Waals surface area contributed by atoms with Crippen molar-refractivity contribution in [3.05, 3.63) is 35.9 Å². The SMILES string of the molecule is CCN(CC)CC#CCC(C(=O)OO)(c1ccccc1)C1CCCCC1. The minimum Gasteiger partial charge on any atom is -0.300 e. The van der Waals surface area contributed by atoms with Gasteiger partial charge in [0.2, 0.25) is 0 Å². The maximum Gasteiger partial charge on any atom is 0.353 e. The molecule has 0 heterocycles. The van der Waals surface area contributed by atoms with E-state index in [1.165, 1.54) is 6.42 Å². The topological polar surface area (TPSA) is 49.8 Å². The Balaban J connectivity index is 2.36. The third-order valence-corrected chi connectivity index (χ3v) is 5.73. The van der Waals surface area contributed by atoms with Gasteiger partial charge in [-0.15, -0.1) is 5.92 Å². The summed E-state index contributed by atoms with van der Waals surface area (Å²) in [5.74, 6) is 6.01. The van der Waals surface area contributed by atoms with E-state index < -0.39 is 11.4 Å². The second-order valence-corrected chi connectivity index (χ2v) is 7.04. The first kappa shape index (κ1) is 20.5. The van der Waals surface area contributed by atoms with Crippen LogP contribution in [0.1, 0.15) is 57.9 Å². The molecule has 1 aliphatic rings. The molecule has 0 bridgehead atoms. The van der Waals surface area contributed by atoms with Gasteiger partial charge in [-0.1, -0.05) is 69.4 Å². The molecule has 0 spiro atoms. The van der Waals surface area contributed by atoms with E-state index in [2.05, 4.69) is 35.5 Å². The van der Waals surface area contributed by atoms with Crippen LogP contribution in [0.5, 0.6) is 0 Å². The Morgan fingerprint density at radius 2 is 1.81 bits per heavy atom. The molecule has 1 N–H and O–H groups in total. The number of hydrogen-bond acceptors (Lipinski definition) is 4. The zero-order valence-electron chi connectivity index (χ0n) is 16.0. The first-order valence-electron chi connectivity index (χ1n) is 9.78. The normalized spacial score (nSPS) is 17.2. The minimum atomic E-state index is -0.896. The van der Waals surface area contributed by atoms with Gasteiger partial charge in [-0.3, -0.25) is 9.79 Å². The second-order valence-electron chi connectivity index (χ2n) is 7.04. The smallest absolute Gasteiger partial charge is 0.300 e. The van der Waals surface area contributed by atoms with Crippen molar-refractivity contribution < 1.29 is 14.9 Å². The minimum absolute atomic E-state index is 0.140. The first-order valence-corrected chi connectivity index (χ1v) is 9.78. The summed E-state index contributed by atoms with van der Waals surface area (Å²) in [5.41, 5.74) is -0.00439. The van der Waals surface area contributed by atoms with Crippen LogP contribution in [0.4, 0.5) is 0 Å². The quantitative estimate of drug-likeness (QED) is 0.450. The summed E-state index contributed by atoms with van der Waals surface area (Å²) in [6.07, 6.45) is 5.70. The van der Waals surface area contributed by atoms with Crippen LogP contribution in [0.2, 0.25) is 0 Å². The predicted octanol–water partition coefficient (Wildman–Crippen LogP) is 4.26. The summed E-state index contributed by atoms with van der Waals surface area (Å²) in [5, 5.41) is 9.28. The molecule has 0 aliphatic heterocycles. The van der Waals surface area contributed by atoms with Crippen molar-refractivity contribution in [2.45, 2.75) is 57.8 Å². The fraction of sp³-hybridized carbons (Fsp3) is 0.591. The number of hydrogen-bond donors (Lipinski definition) is 1. The van der Waals surface area contributed by atoms with Gasteiger partial charge in [0, 0.05) is 6.42 Å². The summed E-state index contributed by atoms with van der Waals surface area (Å²) < 4.78 is 0. The van der Waals surface area contributed by atoms with Gasteiger partial charge in [-0.25, -0.2) is 4.79 Å². The van der Waals surface area contributed by atoms with Crippen molar-refractivity contribution in [1.29, 1.82) is 0 Å². The standard InChI is InChI=1S/C22H31NO3/c1-3-23(4-2)18-12-11-17-22(21(24)26-25,19-13-7-5-8-14-19)20-15-9-6-10-16-20/h5,7-8,13-14,20,25H,3-4,6,9-10,15-18H2,1-2H3. The molecule has 1 aliphatic carbocycles. The van der Waals surface area contributed by atoms with E-state index in [1.807, 2.05) is 30.3 Å². The van der Waals surface area contributed by atoms with Gasteiger partial charge in [0.25, 0.3) is 0 Å². The number of benzene rings is 1. The van der Waals surface area contributed by atoms with Gasteiger partial charge in [-0.05, 0) is 37.4 Å². The highest BCUT2D eigenvalue weighted by molar-refractivity contribution is 5.83. The lowest BCUT2D eigenvalue weighted by Crippen LogP contribution is -2.44. The highest BCUT2D eigenvalue weighted by Gasteiger charge is 2.48. The van der Waals surface area contributed by atoms with E-state index in [0.717, 1.165) is 44.3 Å². The van der Waals surface area contributed by atoms with Crippen LogP contribution in [0.15, 0.2) is 30.3 Å². The first-order chi connectivity index (χ1) is 12.7. The van der Waals surface area contributed by atoms with E-state index in [1.54, 1.807) is 0 Å². The molecule has 1 aromatic rings. The summed E-state index contributed by atoms with van der Waals surface area (Å²) >= 11 is 0. The van der Waals surface area contributed by atoms with Crippen molar-refractivity contribution in [2.24, 2.45) is 5.92 Å². The molecule has 1 saturated carbocycles. The Morgan fingerprint density at radius 3 is 2.38 bits per heavy atom. The van der Waals surface area contributed by atoms with Crippen LogP contribution in [0.25, 0.3) is 0 Å². The van der Waals surface area contributed by atoms with E-state index in [-0.39, 0.29) is 5.92 Å². The molecule has 142 valence electrons. The van der Waals surface area contributed by atoms with Gasteiger partial charge in [0.15, 0.2) is 0 Å². The Kier molecular flexibility index (Phi) is 8.15.